The van der Waals surface area contributed by atoms with Gasteiger partial charge in [-0.05, 0) is 25.1 Å². The van der Waals surface area contributed by atoms with Crippen molar-refractivity contribution in [1.29, 1.82) is 0 Å². The number of benzene rings is 1. The highest BCUT2D eigenvalue weighted by Crippen LogP contribution is 2.23. The van der Waals surface area contributed by atoms with Crippen molar-refractivity contribution < 1.29 is 9.53 Å². The minimum atomic E-state index is -0.240. The van der Waals surface area contributed by atoms with Crippen LogP contribution in [0.4, 0.5) is 5.69 Å². The summed E-state index contributed by atoms with van der Waals surface area (Å²) in [5.74, 6) is 0.164. The summed E-state index contributed by atoms with van der Waals surface area (Å²) in [4.78, 5) is 11.5. The average molecular weight is 219 g/mol. The smallest absolute Gasteiger partial charge is 0.313 e. The lowest BCUT2D eigenvalue weighted by atomic mass is 10.1. The lowest BCUT2D eigenvalue weighted by Crippen LogP contribution is -2.15. The van der Waals surface area contributed by atoms with Gasteiger partial charge in [-0.2, -0.15) is 0 Å². The van der Waals surface area contributed by atoms with Crippen LogP contribution < -0.4 is 10.5 Å². The van der Waals surface area contributed by atoms with Crippen LogP contribution in [0.3, 0.4) is 0 Å². The molecular weight excluding hydrogens is 202 g/mol. The zero-order valence-corrected chi connectivity index (χ0v) is 9.86. The first-order valence-electron chi connectivity index (χ1n) is 5.28. The number of allylic oxidation sites excluding steroid dienone is 1. The molecule has 0 aliphatic heterocycles. The zero-order chi connectivity index (χ0) is 12.1. The van der Waals surface area contributed by atoms with Crippen LogP contribution in [-0.2, 0) is 4.79 Å². The maximum absolute atomic E-state index is 11.5. The molecule has 0 aliphatic carbocycles. The summed E-state index contributed by atoms with van der Waals surface area (Å²) < 4.78 is 5.27. The highest BCUT2D eigenvalue weighted by molar-refractivity contribution is 5.76. The van der Waals surface area contributed by atoms with E-state index in [0.717, 1.165) is 5.56 Å². The van der Waals surface area contributed by atoms with Crippen LogP contribution in [0.2, 0.25) is 0 Å². The Morgan fingerprint density at radius 2 is 2.12 bits per heavy atom. The fourth-order valence-corrected chi connectivity index (χ4v) is 1.20. The van der Waals surface area contributed by atoms with Gasteiger partial charge in [-0.3, -0.25) is 4.79 Å². The van der Waals surface area contributed by atoms with Crippen molar-refractivity contribution in [2.75, 3.05) is 5.73 Å². The van der Waals surface area contributed by atoms with E-state index in [1.54, 1.807) is 32.0 Å². The minimum Gasteiger partial charge on any atom is -0.426 e. The Labute approximate surface area is 95.9 Å². The van der Waals surface area contributed by atoms with Gasteiger partial charge in [0.15, 0.2) is 0 Å². The molecule has 0 spiro atoms. The Morgan fingerprint density at radius 1 is 1.44 bits per heavy atom. The predicted molar refractivity (Wildman–Crippen MR) is 66.0 cm³/mol. The standard InChI is InChI=1S/C13H17NO2/c1-4-5-10-8-11(14)6-7-12(10)16-13(15)9(2)3/h4-9H,14H2,1-3H3/b5-4-. The first kappa shape index (κ1) is 12.3. The van der Waals surface area contributed by atoms with Gasteiger partial charge in [-0.1, -0.05) is 26.0 Å². The quantitative estimate of drug-likeness (QED) is 0.483. The summed E-state index contributed by atoms with van der Waals surface area (Å²) >= 11 is 0. The van der Waals surface area contributed by atoms with E-state index in [1.807, 2.05) is 19.1 Å². The topological polar surface area (TPSA) is 52.3 Å². The molecule has 0 amide bonds. The molecular formula is C13H17NO2. The summed E-state index contributed by atoms with van der Waals surface area (Å²) in [6, 6.07) is 5.21. The van der Waals surface area contributed by atoms with Crippen molar-refractivity contribution in [3.8, 4) is 5.75 Å². The molecule has 3 nitrogen and oxygen atoms in total. The number of hydrogen-bond acceptors (Lipinski definition) is 3. The van der Waals surface area contributed by atoms with E-state index < -0.39 is 0 Å². The number of carbonyl (C=O) groups is 1. The second kappa shape index (κ2) is 5.35. The van der Waals surface area contributed by atoms with Crippen LogP contribution in [0.15, 0.2) is 24.3 Å². The molecule has 1 aromatic carbocycles. The Bertz CT molecular complexity index is 408. The SMILES string of the molecule is C/C=C\c1cc(N)ccc1OC(=O)C(C)C. The molecule has 0 aliphatic rings. The number of nitrogen functional groups attached to an aromatic ring is 1. The van der Waals surface area contributed by atoms with Crippen LogP contribution in [-0.4, -0.2) is 5.97 Å². The summed E-state index contributed by atoms with van der Waals surface area (Å²) in [7, 11) is 0. The molecule has 0 atom stereocenters. The van der Waals surface area contributed by atoms with Crippen LogP contribution in [0, 0.1) is 5.92 Å². The van der Waals surface area contributed by atoms with Crippen LogP contribution in [0.25, 0.3) is 6.08 Å². The third-order valence-corrected chi connectivity index (χ3v) is 2.06. The Hall–Kier alpha value is -1.77. The molecule has 1 aromatic rings. The molecule has 0 saturated heterocycles. The first-order valence-corrected chi connectivity index (χ1v) is 5.28. The number of ether oxygens (including phenoxy) is 1. The molecule has 0 radical (unpaired) electrons. The maximum atomic E-state index is 11.5. The fraction of sp³-hybridized carbons (Fsp3) is 0.308. The summed E-state index contributed by atoms with van der Waals surface area (Å²) in [6.45, 7) is 5.50. The molecule has 0 fully saturated rings. The van der Waals surface area contributed by atoms with Gasteiger partial charge in [-0.25, -0.2) is 0 Å². The minimum absolute atomic E-state index is 0.143. The van der Waals surface area contributed by atoms with Gasteiger partial charge in [0.2, 0.25) is 0 Å². The van der Waals surface area contributed by atoms with E-state index in [2.05, 4.69) is 0 Å². The highest BCUT2D eigenvalue weighted by Gasteiger charge is 2.11. The molecule has 0 bridgehead atoms. The van der Waals surface area contributed by atoms with Gasteiger partial charge in [0.25, 0.3) is 0 Å². The summed E-state index contributed by atoms with van der Waals surface area (Å²) in [5.41, 5.74) is 7.14. The third kappa shape index (κ3) is 3.12. The lowest BCUT2D eigenvalue weighted by Gasteiger charge is -2.10. The van der Waals surface area contributed by atoms with Crippen molar-refractivity contribution in [3.63, 3.8) is 0 Å². The van der Waals surface area contributed by atoms with Gasteiger partial charge in [0.1, 0.15) is 5.75 Å². The molecule has 86 valence electrons. The van der Waals surface area contributed by atoms with Gasteiger partial charge >= 0.3 is 5.97 Å². The Morgan fingerprint density at radius 3 is 2.69 bits per heavy atom. The van der Waals surface area contributed by atoms with Gasteiger partial charge in [0, 0.05) is 11.3 Å². The fourth-order valence-electron chi connectivity index (χ4n) is 1.20. The summed E-state index contributed by atoms with van der Waals surface area (Å²) in [6.07, 6.45) is 3.74. The van der Waals surface area contributed by atoms with Crippen molar-refractivity contribution in [2.45, 2.75) is 20.8 Å². The van der Waals surface area contributed by atoms with Crippen molar-refractivity contribution >= 4 is 17.7 Å². The molecule has 16 heavy (non-hydrogen) atoms. The zero-order valence-electron chi connectivity index (χ0n) is 9.86. The highest BCUT2D eigenvalue weighted by atomic mass is 16.5. The monoisotopic (exact) mass is 219 g/mol. The van der Waals surface area contributed by atoms with Crippen molar-refractivity contribution in [1.82, 2.24) is 0 Å². The molecule has 1 rings (SSSR count). The number of carbonyl (C=O) groups excluding carboxylic acids is 1. The molecule has 0 unspecified atom stereocenters. The molecule has 0 saturated carbocycles. The van der Waals surface area contributed by atoms with E-state index in [0.29, 0.717) is 11.4 Å². The predicted octanol–water partition coefficient (Wildman–Crippen LogP) is 2.86. The molecule has 0 heterocycles. The van der Waals surface area contributed by atoms with Crippen LogP contribution in [0.1, 0.15) is 26.3 Å². The number of rotatable bonds is 3. The Kier molecular flexibility index (Phi) is 4.11. The van der Waals surface area contributed by atoms with Gasteiger partial charge < -0.3 is 10.5 Å². The number of hydrogen-bond donors (Lipinski definition) is 1. The number of esters is 1. The molecule has 2 N–H and O–H groups in total. The Balaban J connectivity index is 2.99. The van der Waals surface area contributed by atoms with E-state index in [-0.39, 0.29) is 11.9 Å². The second-order valence-electron chi connectivity index (χ2n) is 3.87. The summed E-state index contributed by atoms with van der Waals surface area (Å²) in [5, 5.41) is 0. The second-order valence-corrected chi connectivity index (χ2v) is 3.87. The molecule has 3 heteroatoms. The molecule has 0 aromatic heterocycles. The van der Waals surface area contributed by atoms with Gasteiger partial charge in [0.05, 0.1) is 5.92 Å². The van der Waals surface area contributed by atoms with E-state index >= 15 is 0 Å². The third-order valence-electron chi connectivity index (χ3n) is 2.06. The van der Waals surface area contributed by atoms with E-state index in [1.165, 1.54) is 0 Å². The normalized spacial score (nSPS) is 11.0. The largest absolute Gasteiger partial charge is 0.426 e. The first-order chi connectivity index (χ1) is 7.54. The number of nitrogens with two attached hydrogens (primary N) is 1. The van der Waals surface area contributed by atoms with E-state index in [4.69, 9.17) is 10.5 Å². The average Bonchev–Trinajstić information content (AvgIpc) is 2.22. The van der Waals surface area contributed by atoms with Crippen molar-refractivity contribution in [2.24, 2.45) is 5.92 Å². The maximum Gasteiger partial charge on any atom is 0.313 e. The van der Waals surface area contributed by atoms with E-state index in [9.17, 15) is 4.79 Å². The van der Waals surface area contributed by atoms with Crippen LogP contribution in [0.5, 0.6) is 5.75 Å². The van der Waals surface area contributed by atoms with Crippen LogP contribution >= 0.6 is 0 Å². The van der Waals surface area contributed by atoms with Crippen molar-refractivity contribution in [3.05, 3.63) is 29.8 Å². The lowest BCUT2D eigenvalue weighted by molar-refractivity contribution is -0.137. The van der Waals surface area contributed by atoms with Gasteiger partial charge in [-0.15, -0.1) is 0 Å². The number of anilines is 1.